The molecule has 0 aliphatic heterocycles. The van der Waals surface area contributed by atoms with Crippen LogP contribution in [0, 0.1) is 5.92 Å². The van der Waals surface area contributed by atoms with E-state index in [1.165, 1.54) is 12.8 Å². The van der Waals surface area contributed by atoms with Crippen molar-refractivity contribution in [2.75, 3.05) is 0 Å². The molecule has 92 valence electrons. The summed E-state index contributed by atoms with van der Waals surface area (Å²) in [5.41, 5.74) is 0.531. The number of rotatable bonds is 4. The van der Waals surface area contributed by atoms with Gasteiger partial charge in [0, 0.05) is 10.5 Å². The number of carbonyl (C=O) groups excluding carboxylic acids is 1. The van der Waals surface area contributed by atoms with Gasteiger partial charge in [0.15, 0.2) is 0 Å². The number of carbonyl (C=O) groups is 1. The fourth-order valence-electron chi connectivity index (χ4n) is 1.89. The maximum atomic E-state index is 12.0. The molecule has 4 heteroatoms. The molecule has 0 spiro atoms. The van der Waals surface area contributed by atoms with Crippen molar-refractivity contribution >= 4 is 33.4 Å². The smallest absolute Gasteiger partial charge is 0.253 e. The van der Waals surface area contributed by atoms with Gasteiger partial charge < -0.3 is 5.32 Å². The maximum absolute atomic E-state index is 12.0. The molecular formula is C13H15BrClNO. The van der Waals surface area contributed by atoms with Crippen LogP contribution < -0.4 is 5.32 Å². The van der Waals surface area contributed by atoms with Crippen molar-refractivity contribution in [2.24, 2.45) is 5.92 Å². The fraction of sp³-hybridized carbons (Fsp3) is 0.462. The lowest BCUT2D eigenvalue weighted by Crippen LogP contribution is -2.33. The van der Waals surface area contributed by atoms with Gasteiger partial charge in [-0.1, -0.05) is 40.4 Å². The van der Waals surface area contributed by atoms with Crippen molar-refractivity contribution in [1.82, 2.24) is 5.32 Å². The summed E-state index contributed by atoms with van der Waals surface area (Å²) in [7, 11) is 0. The summed E-state index contributed by atoms with van der Waals surface area (Å²) in [6.45, 7) is 2.04. The predicted octanol–water partition coefficient (Wildman–Crippen LogP) is 4.02. The molecule has 1 aromatic carbocycles. The third-order valence-corrected chi connectivity index (χ3v) is 3.76. The summed E-state index contributed by atoms with van der Waals surface area (Å²) in [4.78, 5) is 12.0. The Labute approximate surface area is 115 Å². The third-order valence-electron chi connectivity index (χ3n) is 2.93. The normalized spacial score (nSPS) is 16.6. The Kier molecular flexibility index (Phi) is 4.10. The monoisotopic (exact) mass is 315 g/mol. The Morgan fingerprint density at radius 1 is 1.59 bits per heavy atom. The van der Waals surface area contributed by atoms with Gasteiger partial charge in [-0.05, 0) is 37.5 Å². The van der Waals surface area contributed by atoms with Crippen LogP contribution in [0.3, 0.4) is 0 Å². The van der Waals surface area contributed by atoms with Crippen LogP contribution in [-0.4, -0.2) is 11.9 Å². The molecule has 1 saturated carbocycles. The first-order valence-corrected chi connectivity index (χ1v) is 6.99. The predicted molar refractivity (Wildman–Crippen MR) is 73.4 cm³/mol. The topological polar surface area (TPSA) is 29.1 Å². The zero-order valence-corrected chi connectivity index (χ0v) is 12.0. The minimum absolute atomic E-state index is 0.0931. The summed E-state index contributed by atoms with van der Waals surface area (Å²) in [5, 5.41) is 3.48. The molecule has 1 fully saturated rings. The third kappa shape index (κ3) is 3.71. The Hall–Kier alpha value is -0.540. The Bertz CT molecular complexity index is 431. The first-order chi connectivity index (χ1) is 8.06. The van der Waals surface area contributed by atoms with E-state index in [1.54, 1.807) is 12.1 Å². The van der Waals surface area contributed by atoms with Gasteiger partial charge in [0.1, 0.15) is 0 Å². The van der Waals surface area contributed by atoms with Gasteiger partial charge in [0.25, 0.3) is 5.91 Å². The summed E-state index contributed by atoms with van der Waals surface area (Å²) < 4.78 is 0.863. The molecule has 0 bridgehead atoms. The van der Waals surface area contributed by atoms with E-state index in [-0.39, 0.29) is 11.9 Å². The largest absolute Gasteiger partial charge is 0.350 e. The van der Waals surface area contributed by atoms with Crippen molar-refractivity contribution in [3.8, 4) is 0 Å². The number of hydrogen-bond acceptors (Lipinski definition) is 1. The van der Waals surface area contributed by atoms with E-state index < -0.39 is 0 Å². The maximum Gasteiger partial charge on any atom is 0.253 e. The lowest BCUT2D eigenvalue weighted by Gasteiger charge is -2.14. The molecule has 0 heterocycles. The van der Waals surface area contributed by atoms with Crippen molar-refractivity contribution in [1.29, 1.82) is 0 Å². The highest BCUT2D eigenvalue weighted by atomic mass is 79.9. The summed E-state index contributed by atoms with van der Waals surface area (Å²) in [5.74, 6) is 0.715. The second kappa shape index (κ2) is 5.40. The molecule has 17 heavy (non-hydrogen) atoms. The van der Waals surface area contributed by atoms with Gasteiger partial charge in [-0.2, -0.15) is 0 Å². The summed E-state index contributed by atoms with van der Waals surface area (Å²) in [6, 6.07) is 5.52. The molecule has 2 rings (SSSR count). The number of nitrogens with one attached hydrogen (secondary N) is 1. The van der Waals surface area contributed by atoms with Gasteiger partial charge in [-0.3, -0.25) is 4.79 Å². The first kappa shape index (κ1) is 12.9. The Balaban J connectivity index is 2.00. The summed E-state index contributed by atoms with van der Waals surface area (Å²) >= 11 is 9.35. The molecule has 1 aliphatic rings. The van der Waals surface area contributed by atoms with Crippen LogP contribution in [0.25, 0.3) is 0 Å². The SMILES string of the molecule is CC(CC1CC1)NC(=O)c1cc(Br)ccc1Cl. The highest BCUT2D eigenvalue weighted by Crippen LogP contribution is 2.33. The van der Waals surface area contributed by atoms with Crippen LogP contribution in [0.15, 0.2) is 22.7 Å². The molecule has 1 N–H and O–H groups in total. The average Bonchev–Trinajstić information content (AvgIpc) is 3.05. The van der Waals surface area contributed by atoms with Crippen molar-refractivity contribution < 1.29 is 4.79 Å². The van der Waals surface area contributed by atoms with Crippen LogP contribution in [0.2, 0.25) is 5.02 Å². The van der Waals surface area contributed by atoms with E-state index in [2.05, 4.69) is 21.2 Å². The van der Waals surface area contributed by atoms with E-state index >= 15 is 0 Å². The molecule has 1 atom stereocenters. The second-order valence-corrected chi connectivity index (χ2v) is 6.00. The highest BCUT2D eigenvalue weighted by Gasteiger charge is 2.24. The average molecular weight is 317 g/mol. The fourth-order valence-corrected chi connectivity index (χ4v) is 2.45. The van der Waals surface area contributed by atoms with Gasteiger partial charge in [-0.15, -0.1) is 0 Å². The summed E-state index contributed by atoms with van der Waals surface area (Å²) in [6.07, 6.45) is 3.67. The van der Waals surface area contributed by atoms with Gasteiger partial charge in [-0.25, -0.2) is 0 Å². The van der Waals surface area contributed by atoms with Crippen LogP contribution >= 0.6 is 27.5 Å². The van der Waals surface area contributed by atoms with E-state index in [1.807, 2.05) is 13.0 Å². The van der Waals surface area contributed by atoms with Crippen LogP contribution in [-0.2, 0) is 0 Å². The Morgan fingerprint density at radius 2 is 2.29 bits per heavy atom. The van der Waals surface area contributed by atoms with Gasteiger partial charge >= 0.3 is 0 Å². The lowest BCUT2D eigenvalue weighted by atomic mass is 10.1. The van der Waals surface area contributed by atoms with Crippen LogP contribution in [0.1, 0.15) is 36.5 Å². The van der Waals surface area contributed by atoms with Gasteiger partial charge in [0.2, 0.25) is 0 Å². The van der Waals surface area contributed by atoms with Crippen molar-refractivity contribution in [3.05, 3.63) is 33.3 Å². The van der Waals surface area contributed by atoms with Gasteiger partial charge in [0.05, 0.1) is 10.6 Å². The number of benzene rings is 1. The molecule has 1 aliphatic carbocycles. The molecule has 1 aromatic rings. The molecule has 0 saturated heterocycles. The zero-order chi connectivity index (χ0) is 12.4. The highest BCUT2D eigenvalue weighted by molar-refractivity contribution is 9.10. The number of hydrogen-bond donors (Lipinski definition) is 1. The Morgan fingerprint density at radius 3 is 2.94 bits per heavy atom. The van der Waals surface area contributed by atoms with Crippen LogP contribution in [0.5, 0.6) is 0 Å². The van der Waals surface area contributed by atoms with Crippen molar-refractivity contribution in [2.45, 2.75) is 32.2 Å². The zero-order valence-electron chi connectivity index (χ0n) is 9.67. The number of halogens is 2. The first-order valence-electron chi connectivity index (χ1n) is 5.82. The minimum atomic E-state index is -0.0931. The van der Waals surface area contributed by atoms with Crippen LogP contribution in [0.4, 0.5) is 0 Å². The lowest BCUT2D eigenvalue weighted by molar-refractivity contribution is 0.0937. The standard InChI is InChI=1S/C13H15BrClNO/c1-8(6-9-2-3-9)16-13(17)11-7-10(14)4-5-12(11)15/h4-5,7-9H,2-3,6H2,1H3,(H,16,17). The number of amides is 1. The molecular weight excluding hydrogens is 302 g/mol. The molecule has 2 nitrogen and oxygen atoms in total. The van der Waals surface area contributed by atoms with E-state index in [0.29, 0.717) is 10.6 Å². The minimum Gasteiger partial charge on any atom is -0.350 e. The van der Waals surface area contributed by atoms with Crippen molar-refractivity contribution in [3.63, 3.8) is 0 Å². The molecule has 1 unspecified atom stereocenters. The van der Waals surface area contributed by atoms with E-state index in [0.717, 1.165) is 16.8 Å². The molecule has 0 radical (unpaired) electrons. The molecule has 1 amide bonds. The quantitative estimate of drug-likeness (QED) is 0.893. The van der Waals surface area contributed by atoms with E-state index in [4.69, 9.17) is 11.6 Å². The molecule has 0 aromatic heterocycles. The van der Waals surface area contributed by atoms with E-state index in [9.17, 15) is 4.79 Å². The second-order valence-electron chi connectivity index (χ2n) is 4.68.